The van der Waals surface area contributed by atoms with Crippen LogP contribution < -0.4 is 5.32 Å². The normalized spacial score (nSPS) is 17.4. The monoisotopic (exact) mass is 484 g/mol. The molecule has 1 aromatic carbocycles. The first-order chi connectivity index (χ1) is 16.1. The fourth-order valence-electron chi connectivity index (χ4n) is 4.06. The van der Waals surface area contributed by atoms with E-state index in [1.54, 1.807) is 26.0 Å². The van der Waals surface area contributed by atoms with Gasteiger partial charge in [-0.15, -0.1) is 0 Å². The molecule has 1 amide bonds. The zero-order valence-electron chi connectivity index (χ0n) is 19.7. The maximum Gasteiger partial charge on any atom is 0.248 e. The van der Waals surface area contributed by atoms with Crippen LogP contribution in [0.25, 0.3) is 12.2 Å². The van der Waals surface area contributed by atoms with Crippen LogP contribution in [-0.4, -0.2) is 42.0 Å². The van der Waals surface area contributed by atoms with Crippen LogP contribution in [0.1, 0.15) is 46.7 Å². The Kier molecular flexibility index (Phi) is 6.72. The van der Waals surface area contributed by atoms with E-state index in [4.69, 9.17) is 9.05 Å². The molecule has 0 saturated carbocycles. The van der Waals surface area contributed by atoms with Crippen molar-refractivity contribution in [2.24, 2.45) is 5.92 Å². The van der Waals surface area contributed by atoms with E-state index in [9.17, 15) is 13.2 Å². The second-order valence-electron chi connectivity index (χ2n) is 8.67. The summed E-state index contributed by atoms with van der Waals surface area (Å²) in [5.41, 5.74) is 3.42. The summed E-state index contributed by atoms with van der Waals surface area (Å²) in [5, 5.41) is 10.4. The van der Waals surface area contributed by atoms with Crippen molar-refractivity contribution in [3.8, 4) is 0 Å². The molecule has 34 heavy (non-hydrogen) atoms. The average molecular weight is 485 g/mol. The molecule has 1 unspecified atom stereocenters. The van der Waals surface area contributed by atoms with E-state index in [2.05, 4.69) is 15.6 Å². The SMILES string of the molecule is Cc1ccc(C)c(/C=C/c2onc(C)c2S(=O)(=O)N2CCCC(C(=O)Nc3cc(C)on3)C2)c1. The lowest BCUT2D eigenvalue weighted by atomic mass is 9.99. The van der Waals surface area contributed by atoms with Crippen LogP contribution in [-0.2, 0) is 14.8 Å². The van der Waals surface area contributed by atoms with Crippen LogP contribution >= 0.6 is 0 Å². The predicted molar refractivity (Wildman–Crippen MR) is 127 cm³/mol. The van der Waals surface area contributed by atoms with E-state index in [-0.39, 0.29) is 28.8 Å². The third-order valence-electron chi connectivity index (χ3n) is 5.91. The Balaban J connectivity index is 1.56. The first kappa shape index (κ1) is 23.9. The molecule has 4 rings (SSSR count). The fraction of sp³-hybridized carbons (Fsp3) is 0.375. The van der Waals surface area contributed by atoms with Crippen molar-refractivity contribution >= 4 is 33.9 Å². The molecular weight excluding hydrogens is 456 g/mol. The number of hydrogen-bond acceptors (Lipinski definition) is 7. The van der Waals surface area contributed by atoms with Gasteiger partial charge in [0.15, 0.2) is 16.5 Å². The minimum absolute atomic E-state index is 0.0299. The number of carbonyl (C=O) groups excluding carboxylic acids is 1. The van der Waals surface area contributed by atoms with Crippen molar-refractivity contribution in [1.29, 1.82) is 0 Å². The molecule has 1 aliphatic heterocycles. The fourth-order valence-corrected chi connectivity index (χ4v) is 5.84. The molecule has 1 aliphatic rings. The van der Waals surface area contributed by atoms with Gasteiger partial charge in [-0.1, -0.05) is 40.2 Å². The molecular formula is C24H28N4O5S. The van der Waals surface area contributed by atoms with Gasteiger partial charge in [0.05, 0.1) is 5.92 Å². The number of carbonyl (C=O) groups is 1. The second-order valence-corrected chi connectivity index (χ2v) is 10.5. The number of rotatable bonds is 6. The minimum atomic E-state index is -3.93. The number of piperidine rings is 1. The highest BCUT2D eigenvalue weighted by molar-refractivity contribution is 7.89. The van der Waals surface area contributed by atoms with Gasteiger partial charge in [-0.2, -0.15) is 4.31 Å². The van der Waals surface area contributed by atoms with E-state index >= 15 is 0 Å². The number of benzene rings is 1. The molecule has 1 fully saturated rings. The van der Waals surface area contributed by atoms with Crippen molar-refractivity contribution in [2.75, 3.05) is 18.4 Å². The van der Waals surface area contributed by atoms with E-state index in [1.807, 2.05) is 38.1 Å². The summed E-state index contributed by atoms with van der Waals surface area (Å²) in [6.07, 6.45) is 4.60. The Labute approximate surface area is 198 Å². The van der Waals surface area contributed by atoms with Crippen LogP contribution in [0.5, 0.6) is 0 Å². The summed E-state index contributed by atoms with van der Waals surface area (Å²) in [7, 11) is -3.93. The topological polar surface area (TPSA) is 119 Å². The maximum atomic E-state index is 13.6. The average Bonchev–Trinajstić information content (AvgIpc) is 3.39. The number of amides is 1. The van der Waals surface area contributed by atoms with Crippen LogP contribution in [0.4, 0.5) is 5.82 Å². The molecule has 1 atom stereocenters. The summed E-state index contributed by atoms with van der Waals surface area (Å²) in [6, 6.07) is 7.67. The summed E-state index contributed by atoms with van der Waals surface area (Å²) < 4.78 is 38.9. The van der Waals surface area contributed by atoms with Gasteiger partial charge in [0.25, 0.3) is 0 Å². The highest BCUT2D eigenvalue weighted by atomic mass is 32.2. The van der Waals surface area contributed by atoms with Crippen LogP contribution in [0, 0.1) is 33.6 Å². The second kappa shape index (κ2) is 9.55. The zero-order valence-corrected chi connectivity index (χ0v) is 20.5. The standard InChI is InChI=1S/C24H28N4O5S/c1-15-7-8-16(2)19(12-15)9-10-21-23(18(4)26-33-21)34(30,31)28-11-5-6-20(14-28)24(29)25-22-13-17(3)32-27-22/h7-10,12-13,20H,5-6,11,14H2,1-4H3,(H,25,27,29)/b10-9+. The molecule has 1 N–H and O–H groups in total. The van der Waals surface area contributed by atoms with Gasteiger partial charge < -0.3 is 14.4 Å². The first-order valence-corrected chi connectivity index (χ1v) is 12.5. The molecule has 1 saturated heterocycles. The van der Waals surface area contributed by atoms with Crippen LogP contribution in [0.2, 0.25) is 0 Å². The number of nitrogens with zero attached hydrogens (tertiary/aromatic N) is 3. The summed E-state index contributed by atoms with van der Waals surface area (Å²) in [4.78, 5) is 12.8. The number of hydrogen-bond donors (Lipinski definition) is 1. The lowest BCUT2D eigenvalue weighted by molar-refractivity contribution is -0.120. The summed E-state index contributed by atoms with van der Waals surface area (Å²) in [5.74, 6) is 0.270. The van der Waals surface area contributed by atoms with Crippen molar-refractivity contribution in [1.82, 2.24) is 14.6 Å². The Bertz CT molecular complexity index is 1340. The van der Waals surface area contributed by atoms with Gasteiger partial charge in [0.1, 0.15) is 11.5 Å². The largest absolute Gasteiger partial charge is 0.360 e. The number of sulfonamides is 1. The molecule has 10 heteroatoms. The van der Waals surface area contributed by atoms with Gasteiger partial charge in [-0.05, 0) is 57.7 Å². The lowest BCUT2D eigenvalue weighted by Gasteiger charge is -2.30. The molecule has 2 aromatic heterocycles. The number of nitrogens with one attached hydrogen (secondary N) is 1. The third kappa shape index (κ3) is 4.97. The Hall–Kier alpha value is -3.24. The lowest BCUT2D eigenvalue weighted by Crippen LogP contribution is -2.43. The Morgan fingerprint density at radius 3 is 2.65 bits per heavy atom. The molecule has 0 aliphatic carbocycles. The number of aromatic nitrogens is 2. The van der Waals surface area contributed by atoms with Gasteiger partial charge in [-0.3, -0.25) is 4.79 Å². The van der Waals surface area contributed by atoms with E-state index in [1.165, 1.54) is 4.31 Å². The van der Waals surface area contributed by atoms with Crippen LogP contribution in [0.3, 0.4) is 0 Å². The molecule has 0 spiro atoms. The number of aryl methyl sites for hydroxylation is 4. The van der Waals surface area contributed by atoms with Crippen molar-refractivity contribution in [2.45, 2.75) is 45.4 Å². The van der Waals surface area contributed by atoms with E-state index in [0.717, 1.165) is 16.7 Å². The number of anilines is 1. The van der Waals surface area contributed by atoms with Gasteiger partial charge in [-0.25, -0.2) is 8.42 Å². The minimum Gasteiger partial charge on any atom is -0.360 e. The molecule has 180 valence electrons. The zero-order chi connectivity index (χ0) is 24.5. The molecule has 9 nitrogen and oxygen atoms in total. The van der Waals surface area contributed by atoms with Crippen molar-refractivity contribution < 1.29 is 22.3 Å². The maximum absolute atomic E-state index is 13.6. The predicted octanol–water partition coefficient (Wildman–Crippen LogP) is 4.11. The smallest absolute Gasteiger partial charge is 0.248 e. The van der Waals surface area contributed by atoms with E-state index < -0.39 is 15.9 Å². The van der Waals surface area contributed by atoms with Gasteiger partial charge in [0, 0.05) is 19.2 Å². The van der Waals surface area contributed by atoms with Crippen LogP contribution in [0.15, 0.2) is 38.2 Å². The Morgan fingerprint density at radius 2 is 1.91 bits per heavy atom. The Morgan fingerprint density at radius 1 is 1.12 bits per heavy atom. The highest BCUT2D eigenvalue weighted by Crippen LogP contribution is 2.30. The quantitative estimate of drug-likeness (QED) is 0.559. The molecule has 0 radical (unpaired) electrons. The molecule has 3 aromatic rings. The van der Waals surface area contributed by atoms with Crippen molar-refractivity contribution in [3.05, 3.63) is 58.2 Å². The van der Waals surface area contributed by atoms with Gasteiger partial charge in [0.2, 0.25) is 15.9 Å². The molecule has 3 heterocycles. The summed E-state index contributed by atoms with van der Waals surface area (Å²) >= 11 is 0. The van der Waals surface area contributed by atoms with Gasteiger partial charge >= 0.3 is 0 Å². The molecule has 0 bridgehead atoms. The van der Waals surface area contributed by atoms with Crippen molar-refractivity contribution in [3.63, 3.8) is 0 Å². The summed E-state index contributed by atoms with van der Waals surface area (Å²) in [6.45, 7) is 7.70. The first-order valence-electron chi connectivity index (χ1n) is 11.1. The van der Waals surface area contributed by atoms with E-state index in [0.29, 0.717) is 31.0 Å². The third-order valence-corrected chi connectivity index (χ3v) is 7.94. The highest BCUT2D eigenvalue weighted by Gasteiger charge is 2.37.